The lowest BCUT2D eigenvalue weighted by molar-refractivity contribution is -0.385. The molecule has 8 nitrogen and oxygen atoms in total. The molecular weight excluding hydrogens is 344 g/mol. The van der Waals surface area contributed by atoms with E-state index in [0.29, 0.717) is 31.7 Å². The number of aromatic nitrogens is 1. The van der Waals surface area contributed by atoms with E-state index in [2.05, 4.69) is 9.88 Å². The molecule has 132 valence electrons. The lowest BCUT2D eigenvalue weighted by Gasteiger charge is -2.35. The molecule has 1 saturated heterocycles. The van der Waals surface area contributed by atoms with Crippen molar-refractivity contribution in [2.24, 2.45) is 0 Å². The molecule has 0 spiro atoms. The van der Waals surface area contributed by atoms with Gasteiger partial charge in [-0.2, -0.15) is 4.31 Å². The minimum Gasteiger partial charge on any atom is -0.369 e. The number of nitro groups is 1. The van der Waals surface area contributed by atoms with Crippen LogP contribution in [0.5, 0.6) is 0 Å². The van der Waals surface area contributed by atoms with Crippen LogP contribution in [0, 0.1) is 17.0 Å². The Bertz CT molecular complexity index is 878. The summed E-state index contributed by atoms with van der Waals surface area (Å²) in [4.78, 5) is 16.5. The summed E-state index contributed by atoms with van der Waals surface area (Å²) < 4.78 is 27.0. The first-order valence-electron chi connectivity index (χ1n) is 7.80. The average molecular weight is 362 g/mol. The highest BCUT2D eigenvalue weighted by Gasteiger charge is 2.30. The maximum absolute atomic E-state index is 12.8. The minimum absolute atomic E-state index is 0.0397. The third kappa shape index (κ3) is 3.47. The molecule has 2 aromatic rings. The number of aryl methyl sites for hydroxylation is 1. The van der Waals surface area contributed by atoms with E-state index in [0.717, 1.165) is 11.8 Å². The first kappa shape index (κ1) is 17.3. The molecule has 0 radical (unpaired) electrons. The van der Waals surface area contributed by atoms with Gasteiger partial charge in [-0.05, 0) is 25.1 Å². The van der Waals surface area contributed by atoms with Crippen LogP contribution in [0.1, 0.15) is 5.56 Å². The predicted octanol–water partition coefficient (Wildman–Crippen LogP) is 1.81. The summed E-state index contributed by atoms with van der Waals surface area (Å²) in [7, 11) is -3.75. The highest BCUT2D eigenvalue weighted by molar-refractivity contribution is 7.89. The van der Waals surface area contributed by atoms with Crippen LogP contribution in [0.2, 0.25) is 0 Å². The van der Waals surface area contributed by atoms with Crippen molar-refractivity contribution in [1.82, 2.24) is 9.29 Å². The molecule has 0 unspecified atom stereocenters. The number of anilines is 1. The van der Waals surface area contributed by atoms with Gasteiger partial charge in [-0.15, -0.1) is 0 Å². The Morgan fingerprint density at radius 3 is 2.32 bits per heavy atom. The van der Waals surface area contributed by atoms with Crippen LogP contribution in [0.3, 0.4) is 0 Å². The number of sulfonamides is 1. The molecule has 0 amide bonds. The monoisotopic (exact) mass is 362 g/mol. The molecule has 0 atom stereocenters. The van der Waals surface area contributed by atoms with Gasteiger partial charge in [-0.3, -0.25) is 15.1 Å². The standard InChI is InChI=1S/C16H18N4O4S/c1-13-2-3-15(12-16(13)20(21)22)25(23,24)19-10-8-18(9-11-19)14-4-6-17-7-5-14/h2-7,12H,8-11H2,1H3. The third-order valence-electron chi connectivity index (χ3n) is 4.28. The number of piperazine rings is 1. The Morgan fingerprint density at radius 1 is 1.08 bits per heavy atom. The molecule has 2 heterocycles. The lowest BCUT2D eigenvalue weighted by Crippen LogP contribution is -2.48. The topological polar surface area (TPSA) is 96.7 Å². The summed E-state index contributed by atoms with van der Waals surface area (Å²) in [5.41, 5.74) is 1.25. The molecule has 0 aliphatic carbocycles. The number of hydrogen-bond acceptors (Lipinski definition) is 6. The Kier molecular flexibility index (Phi) is 4.69. The second kappa shape index (κ2) is 6.77. The fourth-order valence-corrected chi connectivity index (χ4v) is 4.28. The summed E-state index contributed by atoms with van der Waals surface area (Å²) in [6.07, 6.45) is 3.40. The van der Waals surface area contributed by atoms with Crippen molar-refractivity contribution in [3.8, 4) is 0 Å². The number of rotatable bonds is 4. The smallest absolute Gasteiger partial charge is 0.273 e. The molecule has 0 bridgehead atoms. The molecule has 3 rings (SSSR count). The molecule has 0 N–H and O–H groups in total. The van der Waals surface area contributed by atoms with Gasteiger partial charge in [-0.1, -0.05) is 6.07 Å². The average Bonchev–Trinajstić information content (AvgIpc) is 2.62. The van der Waals surface area contributed by atoms with Gasteiger partial charge in [-0.25, -0.2) is 8.42 Å². The number of benzene rings is 1. The first-order chi connectivity index (χ1) is 11.9. The zero-order valence-corrected chi connectivity index (χ0v) is 14.5. The van der Waals surface area contributed by atoms with Crippen molar-refractivity contribution in [3.05, 3.63) is 58.4 Å². The summed E-state index contributed by atoms with van der Waals surface area (Å²) in [5, 5.41) is 11.1. The van der Waals surface area contributed by atoms with Gasteiger partial charge >= 0.3 is 0 Å². The van der Waals surface area contributed by atoms with Gasteiger partial charge < -0.3 is 4.90 Å². The van der Waals surface area contributed by atoms with Crippen LogP contribution in [-0.4, -0.2) is 48.8 Å². The third-order valence-corrected chi connectivity index (χ3v) is 6.18. The maximum Gasteiger partial charge on any atom is 0.273 e. The first-order valence-corrected chi connectivity index (χ1v) is 9.24. The lowest BCUT2D eigenvalue weighted by atomic mass is 10.2. The number of pyridine rings is 1. The van der Waals surface area contributed by atoms with E-state index in [1.54, 1.807) is 19.3 Å². The quantitative estimate of drug-likeness (QED) is 0.608. The van der Waals surface area contributed by atoms with E-state index < -0.39 is 14.9 Å². The second-order valence-corrected chi connectivity index (χ2v) is 7.74. The van der Waals surface area contributed by atoms with Gasteiger partial charge in [0.25, 0.3) is 5.69 Å². The Morgan fingerprint density at radius 2 is 1.72 bits per heavy atom. The van der Waals surface area contributed by atoms with Crippen molar-refractivity contribution in [3.63, 3.8) is 0 Å². The predicted molar refractivity (Wildman–Crippen MR) is 93.0 cm³/mol. The van der Waals surface area contributed by atoms with E-state index in [1.807, 2.05) is 12.1 Å². The SMILES string of the molecule is Cc1ccc(S(=O)(=O)N2CCN(c3ccncc3)CC2)cc1[N+](=O)[O-]. The Balaban J connectivity index is 1.78. The fraction of sp³-hybridized carbons (Fsp3) is 0.312. The van der Waals surface area contributed by atoms with Gasteiger partial charge in [0.05, 0.1) is 9.82 Å². The molecule has 1 fully saturated rings. The highest BCUT2D eigenvalue weighted by Crippen LogP contribution is 2.26. The largest absolute Gasteiger partial charge is 0.369 e. The summed E-state index contributed by atoms with van der Waals surface area (Å²) in [5.74, 6) is 0. The van der Waals surface area contributed by atoms with Crippen LogP contribution in [-0.2, 0) is 10.0 Å². The zero-order chi connectivity index (χ0) is 18.0. The molecule has 25 heavy (non-hydrogen) atoms. The normalized spacial score (nSPS) is 16.0. The molecule has 1 aromatic heterocycles. The highest BCUT2D eigenvalue weighted by atomic mass is 32.2. The zero-order valence-electron chi connectivity index (χ0n) is 13.7. The summed E-state index contributed by atoms with van der Waals surface area (Å²) in [6.45, 7) is 3.34. The van der Waals surface area contributed by atoms with Crippen molar-refractivity contribution < 1.29 is 13.3 Å². The van der Waals surface area contributed by atoms with Crippen LogP contribution in [0.25, 0.3) is 0 Å². The van der Waals surface area contributed by atoms with Crippen molar-refractivity contribution in [1.29, 1.82) is 0 Å². The summed E-state index contributed by atoms with van der Waals surface area (Å²) in [6, 6.07) is 7.80. The van der Waals surface area contributed by atoms with Crippen molar-refractivity contribution >= 4 is 21.4 Å². The molecule has 0 saturated carbocycles. The van der Waals surface area contributed by atoms with E-state index in [4.69, 9.17) is 0 Å². The Hall–Kier alpha value is -2.52. The maximum atomic E-state index is 12.8. The number of nitro benzene ring substituents is 1. The number of nitrogens with zero attached hydrogens (tertiary/aromatic N) is 4. The van der Waals surface area contributed by atoms with E-state index >= 15 is 0 Å². The summed E-state index contributed by atoms with van der Waals surface area (Å²) >= 11 is 0. The fourth-order valence-electron chi connectivity index (χ4n) is 2.84. The van der Waals surface area contributed by atoms with Crippen LogP contribution < -0.4 is 4.90 Å². The minimum atomic E-state index is -3.75. The van der Waals surface area contributed by atoms with Gasteiger partial charge in [0.1, 0.15) is 0 Å². The molecule has 1 aromatic carbocycles. The van der Waals surface area contributed by atoms with Crippen LogP contribution >= 0.6 is 0 Å². The van der Waals surface area contributed by atoms with Crippen molar-refractivity contribution in [2.45, 2.75) is 11.8 Å². The Labute approximate surface area is 145 Å². The van der Waals surface area contributed by atoms with Crippen molar-refractivity contribution in [2.75, 3.05) is 31.1 Å². The van der Waals surface area contributed by atoms with E-state index in [-0.39, 0.29) is 10.6 Å². The van der Waals surface area contributed by atoms with Crippen LogP contribution in [0.15, 0.2) is 47.6 Å². The molecular formula is C16H18N4O4S. The van der Waals surface area contributed by atoms with Gasteiger partial charge in [0.2, 0.25) is 10.0 Å². The van der Waals surface area contributed by atoms with Crippen LogP contribution in [0.4, 0.5) is 11.4 Å². The second-order valence-electron chi connectivity index (χ2n) is 5.80. The molecule has 9 heteroatoms. The number of hydrogen-bond donors (Lipinski definition) is 0. The van der Waals surface area contributed by atoms with E-state index in [1.165, 1.54) is 16.4 Å². The van der Waals surface area contributed by atoms with E-state index in [9.17, 15) is 18.5 Å². The van der Waals surface area contributed by atoms with Gasteiger partial charge in [0, 0.05) is 55.9 Å². The molecule has 1 aliphatic heterocycles. The van der Waals surface area contributed by atoms with Gasteiger partial charge in [0.15, 0.2) is 0 Å². The molecule has 1 aliphatic rings.